The Morgan fingerprint density at radius 1 is 1.44 bits per heavy atom. The zero-order valence-electron chi connectivity index (χ0n) is 9.59. The fraction of sp³-hybridized carbons (Fsp3) is 0.417. The van der Waals surface area contributed by atoms with Crippen molar-refractivity contribution in [1.82, 2.24) is 0 Å². The van der Waals surface area contributed by atoms with Gasteiger partial charge in [0.25, 0.3) is 0 Å². The molecule has 2 nitrogen and oxygen atoms in total. The molecule has 0 spiro atoms. The van der Waals surface area contributed by atoms with E-state index in [9.17, 15) is 0 Å². The smallest absolute Gasteiger partial charge is 0.0963 e. The van der Waals surface area contributed by atoms with Crippen LogP contribution in [0.25, 0.3) is 0 Å². The summed E-state index contributed by atoms with van der Waals surface area (Å²) in [6.07, 6.45) is 0.873. The maximum absolute atomic E-state index is 7.46. The molecule has 1 aromatic carbocycles. The Hall–Kier alpha value is -0.670. The summed E-state index contributed by atoms with van der Waals surface area (Å²) in [6, 6.07) is 7.80. The summed E-state index contributed by atoms with van der Waals surface area (Å²) >= 11 is 7.76. The van der Waals surface area contributed by atoms with Gasteiger partial charge in [0.1, 0.15) is 0 Å². The third kappa shape index (κ3) is 3.72. The molecular weight excluding hydrogens is 240 g/mol. The van der Waals surface area contributed by atoms with E-state index in [1.807, 2.05) is 38.1 Å². The first kappa shape index (κ1) is 13.4. The SMILES string of the molecule is CC(C)(CCSc1ccccc1Cl)C(=N)N. The molecule has 0 aliphatic heterocycles. The monoisotopic (exact) mass is 256 g/mol. The number of nitrogens with two attached hydrogens (primary N) is 1. The van der Waals surface area contributed by atoms with Gasteiger partial charge in [-0.1, -0.05) is 37.6 Å². The summed E-state index contributed by atoms with van der Waals surface area (Å²) in [4.78, 5) is 1.09. The molecule has 0 bridgehead atoms. The second-order valence-corrected chi connectivity index (χ2v) is 5.87. The van der Waals surface area contributed by atoms with Crippen LogP contribution < -0.4 is 5.73 Å². The summed E-state index contributed by atoms with van der Waals surface area (Å²) < 4.78 is 0. The number of amidine groups is 1. The van der Waals surface area contributed by atoms with Crippen molar-refractivity contribution < 1.29 is 0 Å². The molecule has 0 unspecified atom stereocenters. The minimum atomic E-state index is -0.228. The van der Waals surface area contributed by atoms with Gasteiger partial charge in [0.05, 0.1) is 10.9 Å². The Bertz CT molecular complexity index is 377. The van der Waals surface area contributed by atoms with E-state index in [4.69, 9.17) is 22.7 Å². The number of halogens is 1. The summed E-state index contributed by atoms with van der Waals surface area (Å²) in [6.45, 7) is 3.98. The highest BCUT2D eigenvalue weighted by Crippen LogP contribution is 2.30. The van der Waals surface area contributed by atoms with Gasteiger partial charge in [0.15, 0.2) is 0 Å². The molecule has 88 valence electrons. The summed E-state index contributed by atoms with van der Waals surface area (Å²) in [7, 11) is 0. The zero-order valence-corrected chi connectivity index (χ0v) is 11.2. The Morgan fingerprint density at radius 3 is 2.62 bits per heavy atom. The first-order chi connectivity index (χ1) is 7.43. The molecule has 0 aromatic heterocycles. The number of rotatable bonds is 5. The van der Waals surface area contributed by atoms with Crippen molar-refractivity contribution >= 4 is 29.2 Å². The minimum Gasteiger partial charge on any atom is -0.387 e. The van der Waals surface area contributed by atoms with Crippen LogP contribution in [0.2, 0.25) is 5.02 Å². The number of hydrogen-bond donors (Lipinski definition) is 2. The largest absolute Gasteiger partial charge is 0.387 e. The van der Waals surface area contributed by atoms with E-state index in [1.165, 1.54) is 0 Å². The average molecular weight is 257 g/mol. The molecule has 1 rings (SSSR count). The van der Waals surface area contributed by atoms with Crippen molar-refractivity contribution in [2.24, 2.45) is 11.1 Å². The number of benzene rings is 1. The summed E-state index contributed by atoms with van der Waals surface area (Å²) in [5.41, 5.74) is 5.30. The summed E-state index contributed by atoms with van der Waals surface area (Å²) in [5.74, 6) is 1.16. The second-order valence-electron chi connectivity index (χ2n) is 4.33. The van der Waals surface area contributed by atoms with Gasteiger partial charge in [-0.3, -0.25) is 5.41 Å². The molecule has 0 aliphatic carbocycles. The lowest BCUT2D eigenvalue weighted by Crippen LogP contribution is -2.31. The van der Waals surface area contributed by atoms with Crippen LogP contribution in [0, 0.1) is 10.8 Å². The molecule has 0 aliphatic rings. The lowest BCUT2D eigenvalue weighted by Gasteiger charge is -2.22. The summed E-state index contributed by atoms with van der Waals surface area (Å²) in [5, 5.41) is 8.25. The van der Waals surface area contributed by atoms with Crippen LogP contribution in [0.4, 0.5) is 0 Å². The van der Waals surface area contributed by atoms with Crippen LogP contribution in [0.15, 0.2) is 29.2 Å². The quantitative estimate of drug-likeness (QED) is 0.479. The molecule has 16 heavy (non-hydrogen) atoms. The minimum absolute atomic E-state index is 0.228. The fourth-order valence-corrected chi connectivity index (χ4v) is 2.63. The van der Waals surface area contributed by atoms with E-state index in [-0.39, 0.29) is 11.3 Å². The molecule has 0 saturated heterocycles. The van der Waals surface area contributed by atoms with Crippen molar-refractivity contribution in [3.05, 3.63) is 29.3 Å². The Morgan fingerprint density at radius 2 is 2.06 bits per heavy atom. The number of nitrogens with one attached hydrogen (secondary N) is 1. The van der Waals surface area contributed by atoms with E-state index in [1.54, 1.807) is 11.8 Å². The molecule has 1 aromatic rings. The Kier molecular flexibility index (Phi) is 4.69. The van der Waals surface area contributed by atoms with E-state index >= 15 is 0 Å². The van der Waals surface area contributed by atoms with Crippen LogP contribution in [0.3, 0.4) is 0 Å². The zero-order chi connectivity index (χ0) is 12.2. The van der Waals surface area contributed by atoms with Crippen molar-refractivity contribution in [2.45, 2.75) is 25.2 Å². The molecule has 0 amide bonds. The third-order valence-corrected chi connectivity index (χ3v) is 4.07. The first-order valence-corrected chi connectivity index (χ1v) is 6.51. The standard InChI is InChI=1S/C12H17ClN2S/c1-12(2,11(14)15)7-8-16-10-6-4-3-5-9(10)13/h3-6H,7-8H2,1-2H3,(H3,14,15). The lowest BCUT2D eigenvalue weighted by molar-refractivity contribution is 0.500. The molecule has 3 N–H and O–H groups in total. The number of hydrogen-bond acceptors (Lipinski definition) is 2. The normalized spacial score (nSPS) is 11.4. The molecule has 0 heterocycles. The van der Waals surface area contributed by atoms with Gasteiger partial charge in [-0.25, -0.2) is 0 Å². The molecule has 0 fully saturated rings. The van der Waals surface area contributed by atoms with Crippen molar-refractivity contribution in [3.8, 4) is 0 Å². The van der Waals surface area contributed by atoms with Crippen LogP contribution >= 0.6 is 23.4 Å². The molecular formula is C12H17ClN2S. The van der Waals surface area contributed by atoms with Gasteiger partial charge in [0, 0.05) is 10.3 Å². The van der Waals surface area contributed by atoms with Crippen LogP contribution in [-0.2, 0) is 0 Å². The van der Waals surface area contributed by atoms with Crippen molar-refractivity contribution in [3.63, 3.8) is 0 Å². The van der Waals surface area contributed by atoms with Gasteiger partial charge in [-0.2, -0.15) is 0 Å². The topological polar surface area (TPSA) is 49.9 Å². The fourth-order valence-electron chi connectivity index (χ4n) is 1.11. The van der Waals surface area contributed by atoms with Gasteiger partial charge < -0.3 is 5.73 Å². The maximum Gasteiger partial charge on any atom is 0.0963 e. The van der Waals surface area contributed by atoms with Crippen molar-refractivity contribution in [2.75, 3.05) is 5.75 Å². The molecule has 0 atom stereocenters. The van der Waals surface area contributed by atoms with E-state index in [0.717, 1.165) is 22.1 Å². The van der Waals surface area contributed by atoms with E-state index < -0.39 is 0 Å². The van der Waals surface area contributed by atoms with Crippen molar-refractivity contribution in [1.29, 1.82) is 5.41 Å². The number of thioether (sulfide) groups is 1. The molecule has 0 saturated carbocycles. The highest BCUT2D eigenvalue weighted by Gasteiger charge is 2.21. The predicted octanol–water partition coefficient (Wildman–Crippen LogP) is 3.78. The second kappa shape index (κ2) is 5.60. The van der Waals surface area contributed by atoms with Gasteiger partial charge in [-0.05, 0) is 24.3 Å². The molecule has 0 radical (unpaired) electrons. The first-order valence-electron chi connectivity index (χ1n) is 5.15. The Balaban J connectivity index is 2.48. The highest BCUT2D eigenvalue weighted by molar-refractivity contribution is 7.99. The average Bonchev–Trinajstić information content (AvgIpc) is 2.20. The van der Waals surface area contributed by atoms with E-state index in [2.05, 4.69) is 0 Å². The van der Waals surface area contributed by atoms with Gasteiger partial charge in [-0.15, -0.1) is 11.8 Å². The Labute approximate surface area is 106 Å². The van der Waals surface area contributed by atoms with Gasteiger partial charge >= 0.3 is 0 Å². The van der Waals surface area contributed by atoms with Crippen LogP contribution in [0.5, 0.6) is 0 Å². The maximum atomic E-state index is 7.46. The highest BCUT2D eigenvalue weighted by atomic mass is 35.5. The van der Waals surface area contributed by atoms with Gasteiger partial charge in [0.2, 0.25) is 0 Å². The lowest BCUT2D eigenvalue weighted by atomic mass is 9.89. The van der Waals surface area contributed by atoms with E-state index in [0.29, 0.717) is 0 Å². The third-order valence-electron chi connectivity index (χ3n) is 2.55. The van der Waals surface area contributed by atoms with Crippen LogP contribution in [0.1, 0.15) is 20.3 Å². The van der Waals surface area contributed by atoms with Crippen LogP contribution in [-0.4, -0.2) is 11.6 Å². The molecule has 4 heteroatoms. The predicted molar refractivity (Wildman–Crippen MR) is 72.5 cm³/mol.